The van der Waals surface area contributed by atoms with Crippen LogP contribution in [0.1, 0.15) is 10.5 Å². The topological polar surface area (TPSA) is 120 Å². The van der Waals surface area contributed by atoms with E-state index in [1.165, 1.54) is 11.3 Å². The number of para-hydroxylation sites is 1. The highest BCUT2D eigenvalue weighted by atomic mass is 32.1. The lowest BCUT2D eigenvalue weighted by Crippen LogP contribution is -2.13. The first kappa shape index (κ1) is 21.3. The zero-order chi connectivity index (χ0) is 23.5. The van der Waals surface area contributed by atoms with Gasteiger partial charge in [-0.05, 0) is 24.3 Å². The standard InChI is InChI=1S/C23H19N7O3S/c1-32-16-8-9-17(19(10-16)33-2)20-26-23(29-28-20)27-21(31)18-13-34-22(25-18)14-11-24-30(12-14)15-6-4-3-5-7-15/h3-13H,1-2H3,(H2,26,27,28,29,31). The molecule has 0 fully saturated rings. The highest BCUT2D eigenvalue weighted by molar-refractivity contribution is 7.13. The van der Waals surface area contributed by atoms with Crippen molar-refractivity contribution in [2.45, 2.75) is 0 Å². The van der Waals surface area contributed by atoms with E-state index in [1.807, 2.05) is 36.5 Å². The number of aromatic amines is 1. The molecule has 0 unspecified atom stereocenters. The monoisotopic (exact) mass is 473 g/mol. The van der Waals surface area contributed by atoms with Gasteiger partial charge in [-0.3, -0.25) is 15.2 Å². The number of H-pyrrole nitrogens is 1. The molecule has 10 nitrogen and oxygen atoms in total. The van der Waals surface area contributed by atoms with E-state index < -0.39 is 5.91 Å². The molecule has 3 heterocycles. The lowest BCUT2D eigenvalue weighted by molar-refractivity contribution is 0.102. The Morgan fingerprint density at radius 1 is 1.09 bits per heavy atom. The van der Waals surface area contributed by atoms with Crippen molar-refractivity contribution in [1.82, 2.24) is 29.9 Å². The van der Waals surface area contributed by atoms with Gasteiger partial charge in [0.05, 0.1) is 31.7 Å². The average Bonchev–Trinajstić information content (AvgIpc) is 3.65. The number of hydrogen-bond acceptors (Lipinski definition) is 8. The number of carbonyl (C=O) groups is 1. The second-order valence-electron chi connectivity index (χ2n) is 7.07. The SMILES string of the molecule is COc1ccc(-c2nc(NC(=O)c3csc(-c4cnn(-c5ccccc5)c4)n3)n[nH]2)c(OC)c1. The zero-order valence-electron chi connectivity index (χ0n) is 18.2. The molecule has 0 saturated heterocycles. The van der Waals surface area contributed by atoms with Crippen molar-refractivity contribution in [2.75, 3.05) is 19.5 Å². The summed E-state index contributed by atoms with van der Waals surface area (Å²) in [5.41, 5.74) is 2.71. The van der Waals surface area contributed by atoms with Crippen molar-refractivity contribution in [2.24, 2.45) is 0 Å². The molecule has 5 aromatic rings. The Bertz CT molecular complexity index is 1440. The van der Waals surface area contributed by atoms with Gasteiger partial charge in [0.1, 0.15) is 22.2 Å². The summed E-state index contributed by atoms with van der Waals surface area (Å²) in [6.45, 7) is 0. The van der Waals surface area contributed by atoms with Crippen LogP contribution in [0.5, 0.6) is 11.5 Å². The zero-order valence-corrected chi connectivity index (χ0v) is 19.0. The van der Waals surface area contributed by atoms with E-state index in [-0.39, 0.29) is 11.6 Å². The molecular formula is C23H19N7O3S. The van der Waals surface area contributed by atoms with Crippen LogP contribution in [0.25, 0.3) is 27.6 Å². The fourth-order valence-electron chi connectivity index (χ4n) is 3.26. The minimum Gasteiger partial charge on any atom is -0.497 e. The van der Waals surface area contributed by atoms with Gasteiger partial charge in [0, 0.05) is 23.2 Å². The van der Waals surface area contributed by atoms with Crippen LogP contribution in [-0.2, 0) is 0 Å². The lowest BCUT2D eigenvalue weighted by atomic mass is 10.2. The Labute approximate surface area is 198 Å². The number of carbonyl (C=O) groups excluding carboxylic acids is 1. The van der Waals surface area contributed by atoms with Gasteiger partial charge in [-0.25, -0.2) is 9.67 Å². The van der Waals surface area contributed by atoms with Crippen molar-refractivity contribution >= 4 is 23.2 Å². The summed E-state index contributed by atoms with van der Waals surface area (Å²) in [5, 5.41) is 16.3. The number of rotatable bonds is 7. The molecule has 0 spiro atoms. The highest BCUT2D eigenvalue weighted by Crippen LogP contribution is 2.31. The normalized spacial score (nSPS) is 10.8. The molecule has 0 saturated carbocycles. The smallest absolute Gasteiger partial charge is 0.277 e. The number of methoxy groups -OCH3 is 2. The van der Waals surface area contributed by atoms with Crippen LogP contribution in [0.3, 0.4) is 0 Å². The Morgan fingerprint density at radius 3 is 2.74 bits per heavy atom. The molecule has 34 heavy (non-hydrogen) atoms. The summed E-state index contributed by atoms with van der Waals surface area (Å²) in [6.07, 6.45) is 3.59. The Balaban J connectivity index is 1.30. The number of amides is 1. The third kappa shape index (κ3) is 4.24. The van der Waals surface area contributed by atoms with Crippen molar-refractivity contribution < 1.29 is 14.3 Å². The molecule has 2 aromatic carbocycles. The first-order valence-electron chi connectivity index (χ1n) is 10.2. The van der Waals surface area contributed by atoms with Crippen LogP contribution in [0.15, 0.2) is 66.3 Å². The second-order valence-corrected chi connectivity index (χ2v) is 7.93. The van der Waals surface area contributed by atoms with Crippen molar-refractivity contribution in [3.63, 3.8) is 0 Å². The van der Waals surface area contributed by atoms with Gasteiger partial charge in [0.15, 0.2) is 5.82 Å². The van der Waals surface area contributed by atoms with E-state index in [2.05, 4.69) is 30.6 Å². The van der Waals surface area contributed by atoms with E-state index in [9.17, 15) is 4.79 Å². The molecule has 170 valence electrons. The summed E-state index contributed by atoms with van der Waals surface area (Å²) in [7, 11) is 3.14. The molecule has 0 aliphatic rings. The maximum Gasteiger partial charge on any atom is 0.277 e. The second kappa shape index (κ2) is 9.16. The molecular weight excluding hydrogens is 454 g/mol. The Hall–Kier alpha value is -4.51. The fourth-order valence-corrected chi connectivity index (χ4v) is 4.04. The van der Waals surface area contributed by atoms with Crippen molar-refractivity contribution in [3.05, 3.63) is 72.0 Å². The Morgan fingerprint density at radius 2 is 1.94 bits per heavy atom. The molecule has 0 aliphatic heterocycles. The molecule has 2 N–H and O–H groups in total. The number of aromatic nitrogens is 6. The van der Waals surface area contributed by atoms with Gasteiger partial charge in [-0.15, -0.1) is 16.4 Å². The molecule has 1 amide bonds. The van der Waals surface area contributed by atoms with E-state index in [1.54, 1.807) is 48.7 Å². The van der Waals surface area contributed by atoms with Gasteiger partial charge >= 0.3 is 0 Å². The van der Waals surface area contributed by atoms with Crippen LogP contribution >= 0.6 is 11.3 Å². The largest absolute Gasteiger partial charge is 0.497 e. The molecule has 0 radical (unpaired) electrons. The number of anilines is 1. The van der Waals surface area contributed by atoms with Crippen LogP contribution in [0.4, 0.5) is 5.95 Å². The molecule has 0 bridgehead atoms. The third-order valence-electron chi connectivity index (χ3n) is 4.96. The van der Waals surface area contributed by atoms with Crippen LogP contribution in [-0.4, -0.2) is 50.1 Å². The minimum absolute atomic E-state index is 0.129. The molecule has 0 aliphatic carbocycles. The van der Waals surface area contributed by atoms with Crippen molar-refractivity contribution in [3.8, 4) is 39.1 Å². The van der Waals surface area contributed by atoms with E-state index in [4.69, 9.17) is 9.47 Å². The quantitative estimate of drug-likeness (QED) is 0.366. The van der Waals surface area contributed by atoms with Crippen LogP contribution in [0, 0.1) is 0 Å². The number of ether oxygens (including phenoxy) is 2. The van der Waals surface area contributed by atoms with Gasteiger partial charge in [-0.2, -0.15) is 10.1 Å². The minimum atomic E-state index is -0.412. The molecule has 5 rings (SSSR count). The van der Waals surface area contributed by atoms with Gasteiger partial charge in [0.2, 0.25) is 5.95 Å². The van der Waals surface area contributed by atoms with Gasteiger partial charge in [-0.1, -0.05) is 18.2 Å². The maximum atomic E-state index is 12.7. The van der Waals surface area contributed by atoms with Gasteiger partial charge in [0.25, 0.3) is 5.91 Å². The van der Waals surface area contributed by atoms with Crippen molar-refractivity contribution in [1.29, 1.82) is 0 Å². The van der Waals surface area contributed by atoms with E-state index in [0.29, 0.717) is 27.9 Å². The lowest BCUT2D eigenvalue weighted by Gasteiger charge is -2.07. The first-order valence-corrected chi connectivity index (χ1v) is 11.0. The maximum absolute atomic E-state index is 12.7. The average molecular weight is 474 g/mol. The number of thiazole rings is 1. The number of nitrogens with zero attached hydrogens (tertiary/aromatic N) is 5. The fraction of sp³-hybridized carbons (Fsp3) is 0.0870. The number of benzene rings is 2. The summed E-state index contributed by atoms with van der Waals surface area (Å²) in [6, 6.07) is 15.1. The number of hydrogen-bond donors (Lipinski definition) is 2. The van der Waals surface area contributed by atoms with Crippen LogP contribution < -0.4 is 14.8 Å². The van der Waals surface area contributed by atoms with Gasteiger partial charge < -0.3 is 9.47 Å². The van der Waals surface area contributed by atoms with E-state index in [0.717, 1.165) is 11.3 Å². The molecule has 0 atom stereocenters. The summed E-state index contributed by atoms with van der Waals surface area (Å²) in [4.78, 5) is 21.5. The first-order chi connectivity index (χ1) is 16.6. The summed E-state index contributed by atoms with van der Waals surface area (Å²) < 4.78 is 12.4. The van der Waals surface area contributed by atoms with E-state index >= 15 is 0 Å². The number of nitrogens with one attached hydrogen (secondary N) is 2. The highest BCUT2D eigenvalue weighted by Gasteiger charge is 2.17. The predicted molar refractivity (Wildman–Crippen MR) is 128 cm³/mol. The predicted octanol–water partition coefficient (Wildman–Crippen LogP) is 4.05. The Kier molecular flexibility index (Phi) is 5.75. The molecule has 11 heteroatoms. The summed E-state index contributed by atoms with van der Waals surface area (Å²) in [5.74, 6) is 1.38. The third-order valence-corrected chi connectivity index (χ3v) is 5.85. The molecule has 3 aromatic heterocycles. The summed E-state index contributed by atoms with van der Waals surface area (Å²) >= 11 is 1.36. The van der Waals surface area contributed by atoms with Crippen LogP contribution in [0.2, 0.25) is 0 Å².